The van der Waals surface area contributed by atoms with Crippen molar-refractivity contribution in [3.8, 4) is 17.4 Å². The van der Waals surface area contributed by atoms with Gasteiger partial charge in [-0.05, 0) is 44.5 Å². The van der Waals surface area contributed by atoms with Crippen molar-refractivity contribution in [2.75, 3.05) is 12.3 Å². The third-order valence-corrected chi connectivity index (χ3v) is 2.76. The lowest BCUT2D eigenvalue weighted by atomic mass is 10.3. The molecule has 0 fully saturated rings. The summed E-state index contributed by atoms with van der Waals surface area (Å²) < 4.78 is 11.3. The number of ether oxygens (including phenoxy) is 2. The summed E-state index contributed by atoms with van der Waals surface area (Å²) in [5.74, 6) is 3.03. The highest BCUT2D eigenvalue weighted by atomic mass is 16.5. The Labute approximate surface area is 118 Å². The van der Waals surface area contributed by atoms with Crippen LogP contribution in [0.3, 0.4) is 0 Å². The van der Waals surface area contributed by atoms with Crippen LogP contribution in [0.2, 0.25) is 0 Å². The van der Waals surface area contributed by atoms with Gasteiger partial charge in [-0.15, -0.1) is 0 Å². The number of rotatable bonds is 5. The zero-order chi connectivity index (χ0) is 14.5. The maximum atomic E-state index is 5.80. The van der Waals surface area contributed by atoms with Gasteiger partial charge >= 0.3 is 0 Å². The molecule has 1 aromatic carbocycles. The fourth-order valence-electron chi connectivity index (χ4n) is 1.66. The van der Waals surface area contributed by atoms with E-state index in [-0.39, 0.29) is 0 Å². The zero-order valence-electron chi connectivity index (χ0n) is 12.0. The van der Waals surface area contributed by atoms with Crippen molar-refractivity contribution in [2.24, 2.45) is 0 Å². The summed E-state index contributed by atoms with van der Waals surface area (Å²) in [7, 11) is 0. The van der Waals surface area contributed by atoms with Gasteiger partial charge in [-0.3, -0.25) is 0 Å². The molecule has 0 saturated heterocycles. The van der Waals surface area contributed by atoms with Gasteiger partial charge in [0, 0.05) is 0 Å². The molecule has 0 spiro atoms. The zero-order valence-corrected chi connectivity index (χ0v) is 12.0. The van der Waals surface area contributed by atoms with Gasteiger partial charge in [0.15, 0.2) is 0 Å². The third kappa shape index (κ3) is 3.38. The highest BCUT2D eigenvalue weighted by Crippen LogP contribution is 2.27. The molecule has 0 unspecified atom stereocenters. The van der Waals surface area contributed by atoms with Crippen molar-refractivity contribution in [3.05, 3.63) is 35.7 Å². The van der Waals surface area contributed by atoms with Gasteiger partial charge in [0.05, 0.1) is 12.2 Å². The number of benzene rings is 1. The Hall–Kier alpha value is -2.30. The predicted molar refractivity (Wildman–Crippen MR) is 78.2 cm³/mol. The number of nitrogen functional groups attached to an aromatic ring is 1. The van der Waals surface area contributed by atoms with E-state index >= 15 is 0 Å². The first kappa shape index (κ1) is 14.1. The van der Waals surface area contributed by atoms with Gasteiger partial charge < -0.3 is 15.2 Å². The molecule has 0 aliphatic rings. The average Bonchev–Trinajstić information content (AvgIpc) is 2.43. The van der Waals surface area contributed by atoms with E-state index in [1.54, 1.807) is 6.92 Å². The van der Waals surface area contributed by atoms with Crippen LogP contribution < -0.4 is 15.2 Å². The summed E-state index contributed by atoms with van der Waals surface area (Å²) in [6, 6.07) is 7.44. The minimum atomic E-state index is 0.440. The SMILES string of the molecule is CCCOc1ccc(Oc2nc(C)nc(N)c2C)cc1. The van der Waals surface area contributed by atoms with E-state index in [2.05, 4.69) is 16.9 Å². The molecule has 1 aromatic heterocycles. The van der Waals surface area contributed by atoms with Crippen molar-refractivity contribution in [1.82, 2.24) is 9.97 Å². The Morgan fingerprint density at radius 3 is 2.35 bits per heavy atom. The van der Waals surface area contributed by atoms with Gasteiger partial charge in [0.2, 0.25) is 5.88 Å². The van der Waals surface area contributed by atoms with Crippen molar-refractivity contribution in [1.29, 1.82) is 0 Å². The summed E-state index contributed by atoms with van der Waals surface area (Å²) in [6.45, 7) is 6.40. The molecule has 0 saturated carbocycles. The maximum absolute atomic E-state index is 5.80. The first-order valence-corrected chi connectivity index (χ1v) is 6.61. The molecule has 0 amide bonds. The molecular formula is C15H19N3O2. The molecule has 0 aliphatic carbocycles. The Morgan fingerprint density at radius 2 is 1.70 bits per heavy atom. The van der Waals surface area contributed by atoms with Crippen molar-refractivity contribution in [2.45, 2.75) is 27.2 Å². The highest BCUT2D eigenvalue weighted by molar-refractivity contribution is 5.46. The summed E-state index contributed by atoms with van der Waals surface area (Å²) >= 11 is 0. The average molecular weight is 273 g/mol. The highest BCUT2D eigenvalue weighted by Gasteiger charge is 2.09. The van der Waals surface area contributed by atoms with Crippen LogP contribution in [0.1, 0.15) is 24.7 Å². The Morgan fingerprint density at radius 1 is 1.05 bits per heavy atom. The van der Waals surface area contributed by atoms with E-state index < -0.39 is 0 Å². The minimum absolute atomic E-state index is 0.440. The van der Waals surface area contributed by atoms with Crippen LogP contribution in [0.25, 0.3) is 0 Å². The molecular weight excluding hydrogens is 254 g/mol. The number of hydrogen-bond acceptors (Lipinski definition) is 5. The first-order chi connectivity index (χ1) is 9.60. The van der Waals surface area contributed by atoms with Gasteiger partial charge in [-0.1, -0.05) is 6.92 Å². The van der Waals surface area contributed by atoms with E-state index in [4.69, 9.17) is 15.2 Å². The summed E-state index contributed by atoms with van der Waals surface area (Å²) in [5, 5.41) is 0. The monoisotopic (exact) mass is 273 g/mol. The van der Waals surface area contributed by atoms with Crippen molar-refractivity contribution in [3.63, 3.8) is 0 Å². The van der Waals surface area contributed by atoms with Gasteiger partial charge in [-0.25, -0.2) is 4.98 Å². The lowest BCUT2D eigenvalue weighted by Crippen LogP contribution is -2.02. The van der Waals surface area contributed by atoms with Crippen molar-refractivity contribution < 1.29 is 9.47 Å². The Bertz CT molecular complexity index is 582. The fourth-order valence-corrected chi connectivity index (χ4v) is 1.66. The normalized spacial score (nSPS) is 10.3. The second-order valence-corrected chi connectivity index (χ2v) is 4.51. The molecule has 0 atom stereocenters. The molecule has 1 heterocycles. The summed E-state index contributed by atoms with van der Waals surface area (Å²) in [6.07, 6.45) is 0.983. The van der Waals surface area contributed by atoms with Gasteiger partial charge in [0.25, 0.3) is 0 Å². The number of anilines is 1. The van der Waals surface area contributed by atoms with E-state index in [0.29, 0.717) is 29.9 Å². The molecule has 20 heavy (non-hydrogen) atoms. The van der Waals surface area contributed by atoms with Crippen LogP contribution in [0.15, 0.2) is 24.3 Å². The van der Waals surface area contributed by atoms with E-state index in [0.717, 1.165) is 17.7 Å². The van der Waals surface area contributed by atoms with Crippen LogP contribution in [0.5, 0.6) is 17.4 Å². The number of hydrogen-bond donors (Lipinski definition) is 1. The Kier molecular flexibility index (Phi) is 4.40. The summed E-state index contributed by atoms with van der Waals surface area (Å²) in [5.41, 5.74) is 6.54. The largest absolute Gasteiger partial charge is 0.494 e. The minimum Gasteiger partial charge on any atom is -0.494 e. The molecule has 0 aliphatic heterocycles. The second kappa shape index (κ2) is 6.23. The number of aromatic nitrogens is 2. The van der Waals surface area contributed by atoms with Gasteiger partial charge in [0.1, 0.15) is 23.1 Å². The molecule has 2 rings (SSSR count). The first-order valence-electron chi connectivity index (χ1n) is 6.61. The molecule has 2 aromatic rings. The standard InChI is InChI=1S/C15H19N3O2/c1-4-9-19-12-5-7-13(8-6-12)20-15-10(2)14(16)17-11(3)18-15/h5-8H,4,9H2,1-3H3,(H2,16,17,18). The molecule has 0 bridgehead atoms. The van der Waals surface area contributed by atoms with Crippen LogP contribution in [0, 0.1) is 13.8 Å². The van der Waals surface area contributed by atoms with Gasteiger partial charge in [-0.2, -0.15) is 4.98 Å². The fraction of sp³-hybridized carbons (Fsp3) is 0.333. The van der Waals surface area contributed by atoms with Crippen LogP contribution in [-0.2, 0) is 0 Å². The topological polar surface area (TPSA) is 70.3 Å². The Balaban J connectivity index is 2.14. The molecule has 106 valence electrons. The van der Waals surface area contributed by atoms with Crippen molar-refractivity contribution >= 4 is 5.82 Å². The quantitative estimate of drug-likeness (QED) is 0.905. The second-order valence-electron chi connectivity index (χ2n) is 4.51. The number of aryl methyl sites for hydroxylation is 1. The summed E-state index contributed by atoms with van der Waals surface area (Å²) in [4.78, 5) is 8.35. The molecule has 0 radical (unpaired) electrons. The maximum Gasteiger partial charge on any atom is 0.227 e. The lowest BCUT2D eigenvalue weighted by molar-refractivity contribution is 0.317. The van der Waals surface area contributed by atoms with E-state index in [1.807, 2.05) is 31.2 Å². The number of nitrogens with zero attached hydrogens (tertiary/aromatic N) is 2. The molecule has 2 N–H and O–H groups in total. The van der Waals surface area contributed by atoms with Crippen LogP contribution in [0.4, 0.5) is 5.82 Å². The number of nitrogens with two attached hydrogens (primary N) is 1. The lowest BCUT2D eigenvalue weighted by Gasteiger charge is -2.10. The third-order valence-electron chi connectivity index (χ3n) is 2.76. The predicted octanol–water partition coefficient (Wildman–Crippen LogP) is 3.26. The molecule has 5 heteroatoms. The van der Waals surface area contributed by atoms with E-state index in [1.165, 1.54) is 0 Å². The smallest absolute Gasteiger partial charge is 0.227 e. The molecule has 5 nitrogen and oxygen atoms in total. The van der Waals surface area contributed by atoms with Crippen LogP contribution in [-0.4, -0.2) is 16.6 Å². The van der Waals surface area contributed by atoms with E-state index in [9.17, 15) is 0 Å². The van der Waals surface area contributed by atoms with Crippen LogP contribution >= 0.6 is 0 Å².